The molecular formula is C11H11Br2NO3. The van der Waals surface area contributed by atoms with E-state index in [-0.39, 0.29) is 19.0 Å². The molecule has 17 heavy (non-hydrogen) atoms. The van der Waals surface area contributed by atoms with Gasteiger partial charge in [0.2, 0.25) is 0 Å². The smallest absolute Gasteiger partial charge is 0.255 e. The van der Waals surface area contributed by atoms with Gasteiger partial charge in [-0.05, 0) is 34.1 Å². The van der Waals surface area contributed by atoms with Crippen molar-refractivity contribution >= 4 is 37.8 Å². The molecule has 0 bridgehead atoms. The summed E-state index contributed by atoms with van der Waals surface area (Å²) in [6, 6.07) is 5.32. The van der Waals surface area contributed by atoms with E-state index in [4.69, 9.17) is 0 Å². The van der Waals surface area contributed by atoms with Crippen LogP contribution in [-0.4, -0.2) is 46.3 Å². The van der Waals surface area contributed by atoms with Gasteiger partial charge in [0, 0.05) is 22.0 Å². The summed E-state index contributed by atoms with van der Waals surface area (Å²) in [6.45, 7) is 0.331. The van der Waals surface area contributed by atoms with Gasteiger partial charge < -0.3 is 15.1 Å². The van der Waals surface area contributed by atoms with Gasteiger partial charge in [0.1, 0.15) is 0 Å². The Morgan fingerprint density at radius 2 is 1.82 bits per heavy atom. The van der Waals surface area contributed by atoms with Gasteiger partial charge in [-0.2, -0.15) is 0 Å². The summed E-state index contributed by atoms with van der Waals surface area (Å²) in [4.78, 5) is 13.6. The Morgan fingerprint density at radius 3 is 2.41 bits per heavy atom. The lowest BCUT2D eigenvalue weighted by Gasteiger charge is -2.16. The number of amides is 1. The largest absolute Gasteiger partial charge is 0.388 e. The highest BCUT2D eigenvalue weighted by Gasteiger charge is 2.33. The SMILES string of the molecule is O=C(c1cc(Br)ccc1Br)N1CC(O)C(O)C1. The van der Waals surface area contributed by atoms with Crippen molar-refractivity contribution in [2.24, 2.45) is 0 Å². The Morgan fingerprint density at radius 1 is 1.24 bits per heavy atom. The first-order valence-electron chi connectivity index (χ1n) is 5.09. The quantitative estimate of drug-likeness (QED) is 0.791. The van der Waals surface area contributed by atoms with Gasteiger partial charge in [0.05, 0.1) is 17.8 Å². The van der Waals surface area contributed by atoms with Crippen molar-refractivity contribution in [1.29, 1.82) is 0 Å². The van der Waals surface area contributed by atoms with Gasteiger partial charge >= 0.3 is 0 Å². The minimum absolute atomic E-state index is 0.166. The number of carbonyl (C=O) groups is 1. The fourth-order valence-electron chi connectivity index (χ4n) is 1.77. The van der Waals surface area contributed by atoms with Crippen LogP contribution < -0.4 is 0 Å². The second-order valence-electron chi connectivity index (χ2n) is 3.97. The van der Waals surface area contributed by atoms with Crippen LogP contribution in [0.1, 0.15) is 10.4 Å². The summed E-state index contributed by atoms with van der Waals surface area (Å²) in [5, 5.41) is 18.8. The van der Waals surface area contributed by atoms with Crippen molar-refractivity contribution in [3.63, 3.8) is 0 Å². The van der Waals surface area contributed by atoms with Crippen LogP contribution in [0.25, 0.3) is 0 Å². The van der Waals surface area contributed by atoms with Crippen LogP contribution in [0.15, 0.2) is 27.1 Å². The molecule has 0 aromatic heterocycles. The molecule has 0 aliphatic carbocycles. The molecule has 1 heterocycles. The fourth-order valence-corrected chi connectivity index (χ4v) is 2.54. The van der Waals surface area contributed by atoms with Crippen molar-refractivity contribution in [2.45, 2.75) is 12.2 Å². The number of nitrogens with zero attached hydrogens (tertiary/aromatic N) is 1. The van der Waals surface area contributed by atoms with Crippen LogP contribution in [0.4, 0.5) is 0 Å². The Labute approximate surface area is 115 Å². The summed E-state index contributed by atoms with van der Waals surface area (Å²) in [7, 11) is 0. The molecule has 0 radical (unpaired) electrons. The standard InChI is InChI=1S/C11H11Br2NO3/c12-6-1-2-8(13)7(3-6)11(17)14-4-9(15)10(16)5-14/h1-3,9-10,15-16H,4-5H2. The number of hydrogen-bond acceptors (Lipinski definition) is 3. The van der Waals surface area contributed by atoms with E-state index in [0.29, 0.717) is 10.0 Å². The van der Waals surface area contributed by atoms with Crippen molar-refractivity contribution in [1.82, 2.24) is 4.90 Å². The van der Waals surface area contributed by atoms with Crippen LogP contribution >= 0.6 is 31.9 Å². The third-order valence-electron chi connectivity index (χ3n) is 2.71. The molecule has 2 rings (SSSR count). The van der Waals surface area contributed by atoms with E-state index in [9.17, 15) is 15.0 Å². The first-order chi connectivity index (χ1) is 7.99. The lowest BCUT2D eigenvalue weighted by Crippen LogP contribution is -2.30. The third-order valence-corrected chi connectivity index (χ3v) is 3.89. The Bertz CT molecular complexity index is 442. The third kappa shape index (κ3) is 2.70. The van der Waals surface area contributed by atoms with E-state index in [1.165, 1.54) is 4.90 Å². The zero-order chi connectivity index (χ0) is 12.6. The maximum absolute atomic E-state index is 12.2. The monoisotopic (exact) mass is 363 g/mol. The number of benzene rings is 1. The second kappa shape index (κ2) is 5.06. The zero-order valence-corrected chi connectivity index (χ0v) is 12.0. The van der Waals surface area contributed by atoms with E-state index in [1.807, 2.05) is 6.07 Å². The van der Waals surface area contributed by atoms with E-state index in [1.54, 1.807) is 12.1 Å². The highest BCUT2D eigenvalue weighted by molar-refractivity contribution is 9.11. The molecule has 2 unspecified atom stereocenters. The molecule has 1 aromatic carbocycles. The fraction of sp³-hybridized carbons (Fsp3) is 0.364. The molecular weight excluding hydrogens is 354 g/mol. The van der Waals surface area contributed by atoms with E-state index in [2.05, 4.69) is 31.9 Å². The van der Waals surface area contributed by atoms with Crippen LogP contribution in [0, 0.1) is 0 Å². The summed E-state index contributed by atoms with van der Waals surface area (Å²) in [5.74, 6) is -0.200. The average molecular weight is 365 g/mol. The van der Waals surface area contributed by atoms with Gasteiger partial charge in [-0.1, -0.05) is 15.9 Å². The minimum Gasteiger partial charge on any atom is -0.388 e. The first-order valence-corrected chi connectivity index (χ1v) is 6.68. The number of rotatable bonds is 1. The zero-order valence-electron chi connectivity index (χ0n) is 8.81. The molecule has 4 nitrogen and oxygen atoms in total. The molecule has 1 aliphatic heterocycles. The Kier molecular flexibility index (Phi) is 3.87. The van der Waals surface area contributed by atoms with Crippen LogP contribution in [0.2, 0.25) is 0 Å². The van der Waals surface area contributed by atoms with Crippen LogP contribution in [-0.2, 0) is 0 Å². The molecule has 1 aromatic rings. The van der Waals surface area contributed by atoms with Crippen molar-refractivity contribution in [2.75, 3.05) is 13.1 Å². The number of hydrogen-bond donors (Lipinski definition) is 2. The molecule has 1 amide bonds. The molecule has 1 fully saturated rings. The second-order valence-corrected chi connectivity index (χ2v) is 5.74. The molecule has 2 N–H and O–H groups in total. The summed E-state index contributed by atoms with van der Waals surface area (Å²) < 4.78 is 1.51. The van der Waals surface area contributed by atoms with Crippen molar-refractivity contribution in [3.8, 4) is 0 Å². The maximum atomic E-state index is 12.2. The molecule has 92 valence electrons. The molecule has 0 saturated carbocycles. The number of β-amino-alcohol motifs (C(OH)–C–C–N with tert-alkyl or cyclic N) is 2. The normalized spacial score (nSPS) is 24.1. The molecule has 1 aliphatic rings. The van der Waals surface area contributed by atoms with Crippen LogP contribution in [0.3, 0.4) is 0 Å². The number of carbonyl (C=O) groups excluding carboxylic acids is 1. The molecule has 0 spiro atoms. The van der Waals surface area contributed by atoms with Crippen LogP contribution in [0.5, 0.6) is 0 Å². The van der Waals surface area contributed by atoms with Gasteiger partial charge in [0.25, 0.3) is 5.91 Å². The highest BCUT2D eigenvalue weighted by atomic mass is 79.9. The van der Waals surface area contributed by atoms with Gasteiger partial charge in [-0.15, -0.1) is 0 Å². The average Bonchev–Trinajstić information content (AvgIpc) is 2.62. The highest BCUT2D eigenvalue weighted by Crippen LogP contribution is 2.24. The van der Waals surface area contributed by atoms with Crippen molar-refractivity contribution in [3.05, 3.63) is 32.7 Å². The summed E-state index contributed by atoms with van der Waals surface area (Å²) in [5.41, 5.74) is 0.515. The van der Waals surface area contributed by atoms with Gasteiger partial charge in [-0.25, -0.2) is 0 Å². The van der Waals surface area contributed by atoms with E-state index < -0.39 is 12.2 Å². The Balaban J connectivity index is 2.23. The van der Waals surface area contributed by atoms with E-state index in [0.717, 1.165) is 4.47 Å². The summed E-state index contributed by atoms with van der Waals surface area (Å²) >= 11 is 6.62. The minimum atomic E-state index is -0.857. The maximum Gasteiger partial charge on any atom is 0.255 e. The predicted octanol–water partition coefficient (Wildman–Crippen LogP) is 1.39. The van der Waals surface area contributed by atoms with E-state index >= 15 is 0 Å². The lowest BCUT2D eigenvalue weighted by atomic mass is 10.2. The van der Waals surface area contributed by atoms with Gasteiger partial charge in [-0.3, -0.25) is 4.79 Å². The van der Waals surface area contributed by atoms with Gasteiger partial charge in [0.15, 0.2) is 0 Å². The van der Waals surface area contributed by atoms with Crippen molar-refractivity contribution < 1.29 is 15.0 Å². The lowest BCUT2D eigenvalue weighted by molar-refractivity contribution is 0.0572. The predicted molar refractivity (Wildman–Crippen MR) is 69.8 cm³/mol. The number of aliphatic hydroxyl groups excluding tert-OH is 2. The summed E-state index contributed by atoms with van der Waals surface area (Å²) in [6.07, 6.45) is -1.71. The number of aliphatic hydroxyl groups is 2. The number of likely N-dealkylation sites (tertiary alicyclic amines) is 1. The Hall–Kier alpha value is -0.430. The molecule has 1 saturated heterocycles. The first kappa shape index (κ1) is 13.0. The number of halogens is 2. The molecule has 2 atom stereocenters. The molecule has 6 heteroatoms. The topological polar surface area (TPSA) is 60.8 Å².